The van der Waals surface area contributed by atoms with Crippen molar-refractivity contribution in [2.24, 2.45) is 10.9 Å². The smallest absolute Gasteiger partial charge is 0.370 e. The second kappa shape index (κ2) is 10.3. The Morgan fingerprint density at radius 1 is 1.34 bits per heavy atom. The first-order valence-corrected chi connectivity index (χ1v) is 9.70. The predicted molar refractivity (Wildman–Crippen MR) is 119 cm³/mol. The fraction of sp³-hybridized carbons (Fsp3) is 0.650. The Labute approximate surface area is 187 Å². The summed E-state index contributed by atoms with van der Waals surface area (Å²) in [5.41, 5.74) is -0.106. The molecule has 2 fully saturated rings. The molecule has 0 radical (unpaired) electrons. The van der Waals surface area contributed by atoms with Crippen LogP contribution in [0.15, 0.2) is 29.3 Å². The molecule has 1 aliphatic heterocycles. The molecule has 9 heteroatoms. The van der Waals surface area contributed by atoms with Crippen LogP contribution in [0.4, 0.5) is 13.2 Å². The summed E-state index contributed by atoms with van der Waals surface area (Å²) in [6, 6.07) is 5.85. The minimum Gasteiger partial charge on any atom is -0.370 e. The highest BCUT2D eigenvalue weighted by atomic mass is 127. The molecule has 0 spiro atoms. The van der Waals surface area contributed by atoms with Crippen LogP contribution in [0.3, 0.4) is 0 Å². The first kappa shape index (κ1) is 24.2. The molecular formula is C20H30F3IN4O. The number of hydrogen-bond acceptors (Lipinski definition) is 3. The van der Waals surface area contributed by atoms with E-state index in [0.29, 0.717) is 31.3 Å². The van der Waals surface area contributed by atoms with E-state index in [4.69, 9.17) is 4.74 Å². The summed E-state index contributed by atoms with van der Waals surface area (Å²) in [6.07, 6.45) is -2.24. The zero-order chi connectivity index (χ0) is 20.3. The zero-order valence-electron chi connectivity index (χ0n) is 17.1. The second-order valence-electron chi connectivity index (χ2n) is 7.73. The lowest BCUT2D eigenvalue weighted by molar-refractivity contribution is -0.137. The molecule has 164 valence electrons. The number of benzene rings is 1. The van der Waals surface area contributed by atoms with Crippen molar-refractivity contribution < 1.29 is 17.9 Å². The fourth-order valence-corrected chi connectivity index (χ4v) is 3.74. The highest BCUT2D eigenvalue weighted by Gasteiger charge is 2.34. The average Bonchev–Trinajstić information content (AvgIpc) is 3.49. The number of likely N-dealkylation sites (N-methyl/N-ethyl adjacent to an activating group) is 1. The molecule has 1 aromatic carbocycles. The Morgan fingerprint density at radius 2 is 2.07 bits per heavy atom. The first-order valence-electron chi connectivity index (χ1n) is 9.70. The van der Waals surface area contributed by atoms with Gasteiger partial charge in [-0.1, -0.05) is 12.1 Å². The lowest BCUT2D eigenvalue weighted by Crippen LogP contribution is -2.51. The maximum Gasteiger partial charge on any atom is 0.416 e. The van der Waals surface area contributed by atoms with E-state index in [-0.39, 0.29) is 24.0 Å². The van der Waals surface area contributed by atoms with E-state index < -0.39 is 17.8 Å². The monoisotopic (exact) mass is 526 g/mol. The van der Waals surface area contributed by atoms with Crippen molar-refractivity contribution in [1.29, 1.82) is 0 Å². The van der Waals surface area contributed by atoms with Gasteiger partial charge in [0.2, 0.25) is 0 Å². The Bertz CT molecular complexity index is 693. The standard InChI is InChI=1S/C20H29F3N4O.HI/c1-24-19(25-12-17(26(2)3)14-7-8-14)27-9-10-28-18(13-27)15-5-4-6-16(11-15)20(21,22)23;/h4-6,11,14,17-18H,7-10,12-13H2,1-3H3,(H,24,25);1H. The summed E-state index contributed by atoms with van der Waals surface area (Å²) >= 11 is 0. The van der Waals surface area contributed by atoms with Crippen LogP contribution in [-0.2, 0) is 10.9 Å². The lowest BCUT2D eigenvalue weighted by Gasteiger charge is -2.36. The Balaban J connectivity index is 0.00000300. The van der Waals surface area contributed by atoms with Crippen LogP contribution in [0, 0.1) is 5.92 Å². The predicted octanol–water partition coefficient (Wildman–Crippen LogP) is 3.61. The molecule has 3 rings (SSSR count). The van der Waals surface area contributed by atoms with Gasteiger partial charge in [-0.05, 0) is 50.6 Å². The van der Waals surface area contributed by atoms with E-state index in [1.54, 1.807) is 13.1 Å². The first-order chi connectivity index (χ1) is 13.3. The maximum absolute atomic E-state index is 13.0. The molecule has 1 saturated heterocycles. The highest BCUT2D eigenvalue weighted by Crippen LogP contribution is 2.34. The summed E-state index contributed by atoms with van der Waals surface area (Å²) < 4.78 is 44.8. The van der Waals surface area contributed by atoms with Crippen LogP contribution in [0.2, 0.25) is 0 Å². The van der Waals surface area contributed by atoms with E-state index in [0.717, 1.165) is 24.5 Å². The van der Waals surface area contributed by atoms with Gasteiger partial charge in [0.05, 0.1) is 18.7 Å². The van der Waals surface area contributed by atoms with Crippen LogP contribution in [0.5, 0.6) is 0 Å². The molecular weight excluding hydrogens is 496 g/mol. The van der Waals surface area contributed by atoms with Gasteiger partial charge < -0.3 is 19.9 Å². The van der Waals surface area contributed by atoms with Gasteiger partial charge in [0, 0.05) is 26.2 Å². The number of aliphatic imine (C=N–C) groups is 1. The number of hydrogen-bond donors (Lipinski definition) is 1. The largest absolute Gasteiger partial charge is 0.416 e. The molecule has 2 atom stereocenters. The topological polar surface area (TPSA) is 40.1 Å². The van der Waals surface area contributed by atoms with Crippen LogP contribution >= 0.6 is 24.0 Å². The molecule has 1 heterocycles. The van der Waals surface area contributed by atoms with Gasteiger partial charge in [0.15, 0.2) is 5.96 Å². The van der Waals surface area contributed by atoms with E-state index in [9.17, 15) is 13.2 Å². The number of nitrogens with zero attached hydrogens (tertiary/aromatic N) is 3. The zero-order valence-corrected chi connectivity index (χ0v) is 19.4. The third-order valence-corrected chi connectivity index (χ3v) is 5.46. The number of rotatable bonds is 5. The van der Waals surface area contributed by atoms with E-state index in [1.807, 2.05) is 0 Å². The normalized spacial score (nSPS) is 21.7. The van der Waals surface area contributed by atoms with Crippen molar-refractivity contribution >= 4 is 29.9 Å². The average molecular weight is 526 g/mol. The molecule has 1 saturated carbocycles. The van der Waals surface area contributed by atoms with Gasteiger partial charge in [0.25, 0.3) is 0 Å². The fourth-order valence-electron chi connectivity index (χ4n) is 3.74. The Morgan fingerprint density at radius 3 is 2.66 bits per heavy atom. The Hall–Kier alpha value is -1.07. The van der Waals surface area contributed by atoms with Crippen molar-refractivity contribution in [2.45, 2.75) is 31.2 Å². The third kappa shape index (κ3) is 6.45. The van der Waals surface area contributed by atoms with Gasteiger partial charge in [0.1, 0.15) is 6.10 Å². The molecule has 5 nitrogen and oxygen atoms in total. The summed E-state index contributed by atoms with van der Waals surface area (Å²) in [6.45, 7) is 2.37. The van der Waals surface area contributed by atoms with E-state index in [1.165, 1.54) is 25.0 Å². The lowest BCUT2D eigenvalue weighted by atomic mass is 10.0. The quantitative estimate of drug-likeness (QED) is 0.362. The summed E-state index contributed by atoms with van der Waals surface area (Å²) in [5.74, 6) is 1.50. The van der Waals surface area contributed by atoms with Crippen LogP contribution in [0.1, 0.15) is 30.1 Å². The summed E-state index contributed by atoms with van der Waals surface area (Å²) in [4.78, 5) is 8.69. The van der Waals surface area contributed by atoms with E-state index in [2.05, 4.69) is 34.2 Å². The van der Waals surface area contributed by atoms with Gasteiger partial charge in [-0.2, -0.15) is 13.2 Å². The second-order valence-corrected chi connectivity index (χ2v) is 7.73. The van der Waals surface area contributed by atoms with Gasteiger partial charge in [-0.15, -0.1) is 24.0 Å². The Kier molecular flexibility index (Phi) is 8.59. The maximum atomic E-state index is 13.0. The number of morpholine rings is 1. The number of ether oxygens (including phenoxy) is 1. The molecule has 1 aromatic rings. The molecule has 2 unspecified atom stereocenters. The summed E-state index contributed by atoms with van der Waals surface area (Å²) in [7, 11) is 5.91. The van der Waals surface area contributed by atoms with E-state index >= 15 is 0 Å². The van der Waals surface area contributed by atoms with Crippen molar-refractivity contribution in [1.82, 2.24) is 15.1 Å². The number of nitrogens with one attached hydrogen (secondary N) is 1. The van der Waals surface area contributed by atoms with Crippen molar-refractivity contribution in [2.75, 3.05) is 47.4 Å². The van der Waals surface area contributed by atoms with Gasteiger partial charge in [-0.3, -0.25) is 4.99 Å². The SMILES string of the molecule is CN=C(NCC(C1CC1)N(C)C)N1CCOC(c2cccc(C(F)(F)F)c2)C1.I. The van der Waals surface area contributed by atoms with Gasteiger partial charge in [-0.25, -0.2) is 0 Å². The molecule has 2 aliphatic rings. The summed E-state index contributed by atoms with van der Waals surface area (Å²) in [5, 5.41) is 3.45. The molecule has 0 bridgehead atoms. The minimum absolute atomic E-state index is 0. The third-order valence-electron chi connectivity index (χ3n) is 5.46. The molecule has 29 heavy (non-hydrogen) atoms. The van der Waals surface area contributed by atoms with Gasteiger partial charge >= 0.3 is 6.18 Å². The number of guanidine groups is 1. The van der Waals surface area contributed by atoms with Crippen LogP contribution < -0.4 is 5.32 Å². The highest BCUT2D eigenvalue weighted by molar-refractivity contribution is 14.0. The van der Waals surface area contributed by atoms with Crippen LogP contribution in [-0.4, -0.2) is 69.2 Å². The molecule has 1 N–H and O–H groups in total. The molecule has 1 aliphatic carbocycles. The minimum atomic E-state index is -4.36. The van der Waals surface area contributed by atoms with Crippen molar-refractivity contribution in [3.8, 4) is 0 Å². The van der Waals surface area contributed by atoms with Crippen LogP contribution in [0.25, 0.3) is 0 Å². The molecule has 0 amide bonds. The number of alkyl halides is 3. The molecule has 0 aromatic heterocycles. The van der Waals surface area contributed by atoms with Crippen molar-refractivity contribution in [3.05, 3.63) is 35.4 Å². The van der Waals surface area contributed by atoms with Crippen molar-refractivity contribution in [3.63, 3.8) is 0 Å². The number of halogens is 4.